The summed E-state index contributed by atoms with van der Waals surface area (Å²) in [6.45, 7) is 4.14. The molecule has 2 heterocycles. The quantitative estimate of drug-likeness (QED) is 0.831. The third-order valence-corrected chi connectivity index (χ3v) is 3.77. The van der Waals surface area contributed by atoms with Crippen molar-refractivity contribution in [1.82, 2.24) is 14.9 Å². The van der Waals surface area contributed by atoms with Gasteiger partial charge in [-0.15, -0.1) is 0 Å². The fraction of sp³-hybridized carbons (Fsp3) is 0.615. The van der Waals surface area contributed by atoms with Crippen LogP contribution < -0.4 is 10.6 Å². The maximum atomic E-state index is 5.67. The fourth-order valence-electron chi connectivity index (χ4n) is 2.46. The number of rotatable bonds is 3. The van der Waals surface area contributed by atoms with Crippen molar-refractivity contribution in [3.8, 4) is 0 Å². The SMILES string of the molecule is Cc1cc(C(N)=S)nc(N(C)C2CCCN(C)C2)n1. The van der Waals surface area contributed by atoms with Gasteiger partial charge < -0.3 is 15.5 Å². The van der Waals surface area contributed by atoms with Crippen molar-refractivity contribution in [1.29, 1.82) is 0 Å². The molecule has 104 valence electrons. The van der Waals surface area contributed by atoms with E-state index in [2.05, 4.69) is 26.8 Å². The molecular formula is C13H21N5S. The molecule has 1 aromatic heterocycles. The number of anilines is 1. The number of aromatic nitrogens is 2. The van der Waals surface area contributed by atoms with Gasteiger partial charge in [0, 0.05) is 25.3 Å². The monoisotopic (exact) mass is 279 g/mol. The molecule has 1 fully saturated rings. The standard InChI is InChI=1S/C13H21N5S/c1-9-7-11(12(14)19)16-13(15-9)18(3)10-5-4-6-17(2)8-10/h7,10H,4-6,8H2,1-3H3,(H2,14,19). The van der Waals surface area contributed by atoms with E-state index in [9.17, 15) is 0 Å². The molecule has 2 rings (SSSR count). The van der Waals surface area contributed by atoms with E-state index < -0.39 is 0 Å². The number of nitrogens with zero attached hydrogens (tertiary/aromatic N) is 4. The zero-order chi connectivity index (χ0) is 14.0. The van der Waals surface area contributed by atoms with Crippen LogP contribution in [0.2, 0.25) is 0 Å². The topological polar surface area (TPSA) is 58.3 Å². The van der Waals surface area contributed by atoms with Crippen molar-refractivity contribution >= 4 is 23.2 Å². The highest BCUT2D eigenvalue weighted by Gasteiger charge is 2.23. The summed E-state index contributed by atoms with van der Waals surface area (Å²) in [6.07, 6.45) is 2.38. The third-order valence-electron chi connectivity index (χ3n) is 3.56. The maximum Gasteiger partial charge on any atom is 0.226 e. The lowest BCUT2D eigenvalue weighted by Gasteiger charge is -2.36. The Morgan fingerprint density at radius 3 is 2.89 bits per heavy atom. The first-order valence-corrected chi connectivity index (χ1v) is 6.95. The summed E-state index contributed by atoms with van der Waals surface area (Å²) in [7, 11) is 4.19. The molecule has 0 radical (unpaired) electrons. The van der Waals surface area contributed by atoms with Gasteiger partial charge in [-0.25, -0.2) is 9.97 Å². The van der Waals surface area contributed by atoms with Gasteiger partial charge in [0.15, 0.2) is 0 Å². The molecule has 0 aromatic carbocycles. The fourth-order valence-corrected chi connectivity index (χ4v) is 2.56. The summed E-state index contributed by atoms with van der Waals surface area (Å²) >= 11 is 5.00. The molecule has 19 heavy (non-hydrogen) atoms. The Labute approximate surface area is 119 Å². The number of hydrogen-bond acceptors (Lipinski definition) is 5. The van der Waals surface area contributed by atoms with Crippen LogP contribution in [-0.2, 0) is 0 Å². The van der Waals surface area contributed by atoms with Crippen molar-refractivity contribution in [3.63, 3.8) is 0 Å². The Balaban J connectivity index is 2.22. The zero-order valence-corrected chi connectivity index (χ0v) is 12.6. The molecule has 5 nitrogen and oxygen atoms in total. The van der Waals surface area contributed by atoms with Crippen LogP contribution in [0.25, 0.3) is 0 Å². The van der Waals surface area contributed by atoms with Crippen LogP contribution >= 0.6 is 12.2 Å². The Kier molecular flexibility index (Phi) is 4.31. The molecule has 1 aliphatic heterocycles. The smallest absolute Gasteiger partial charge is 0.226 e. The van der Waals surface area contributed by atoms with E-state index >= 15 is 0 Å². The number of aryl methyl sites for hydroxylation is 1. The van der Waals surface area contributed by atoms with Crippen LogP contribution in [-0.4, -0.2) is 53.1 Å². The Hall–Kier alpha value is -1.27. The van der Waals surface area contributed by atoms with Gasteiger partial charge in [0.05, 0.1) is 0 Å². The van der Waals surface area contributed by atoms with Crippen LogP contribution in [0.5, 0.6) is 0 Å². The van der Waals surface area contributed by atoms with Crippen molar-refractivity contribution in [2.45, 2.75) is 25.8 Å². The summed E-state index contributed by atoms with van der Waals surface area (Å²) < 4.78 is 0. The van der Waals surface area contributed by atoms with E-state index in [0.29, 0.717) is 22.7 Å². The predicted molar refractivity (Wildman–Crippen MR) is 81.6 cm³/mol. The van der Waals surface area contributed by atoms with E-state index in [1.807, 2.05) is 20.0 Å². The summed E-state index contributed by atoms with van der Waals surface area (Å²) in [5.74, 6) is 0.711. The van der Waals surface area contributed by atoms with Gasteiger partial charge in [0.25, 0.3) is 0 Å². The maximum absolute atomic E-state index is 5.67. The average molecular weight is 279 g/mol. The van der Waals surface area contributed by atoms with Gasteiger partial charge in [-0.05, 0) is 39.4 Å². The Morgan fingerprint density at radius 2 is 2.26 bits per heavy atom. The first-order chi connectivity index (χ1) is 8.97. The first-order valence-electron chi connectivity index (χ1n) is 6.54. The minimum atomic E-state index is 0.320. The van der Waals surface area contributed by atoms with Crippen LogP contribution in [0.3, 0.4) is 0 Å². The lowest BCUT2D eigenvalue weighted by atomic mass is 10.1. The number of nitrogens with two attached hydrogens (primary N) is 1. The molecule has 1 saturated heterocycles. The highest BCUT2D eigenvalue weighted by atomic mass is 32.1. The molecular weight excluding hydrogens is 258 g/mol. The normalized spacial score (nSPS) is 20.3. The molecule has 0 spiro atoms. The summed E-state index contributed by atoms with van der Waals surface area (Å²) in [5.41, 5.74) is 7.21. The van der Waals surface area contributed by atoms with E-state index in [4.69, 9.17) is 18.0 Å². The molecule has 0 aliphatic carbocycles. The molecule has 1 atom stereocenters. The zero-order valence-electron chi connectivity index (χ0n) is 11.8. The second kappa shape index (κ2) is 5.79. The number of hydrogen-bond donors (Lipinski definition) is 1. The average Bonchev–Trinajstić information content (AvgIpc) is 2.37. The van der Waals surface area contributed by atoms with Crippen molar-refractivity contribution in [3.05, 3.63) is 17.5 Å². The number of piperidine rings is 1. The molecule has 2 N–H and O–H groups in total. The molecule has 0 amide bonds. The largest absolute Gasteiger partial charge is 0.388 e. The van der Waals surface area contributed by atoms with Gasteiger partial charge in [-0.2, -0.15) is 0 Å². The number of thiocarbonyl (C=S) groups is 1. The highest BCUT2D eigenvalue weighted by molar-refractivity contribution is 7.80. The van der Waals surface area contributed by atoms with Crippen LogP contribution in [0.15, 0.2) is 6.07 Å². The van der Waals surface area contributed by atoms with Gasteiger partial charge in [-0.1, -0.05) is 12.2 Å². The molecule has 0 bridgehead atoms. The van der Waals surface area contributed by atoms with Crippen LogP contribution in [0.1, 0.15) is 24.2 Å². The van der Waals surface area contributed by atoms with Crippen LogP contribution in [0.4, 0.5) is 5.95 Å². The highest BCUT2D eigenvalue weighted by Crippen LogP contribution is 2.18. The van der Waals surface area contributed by atoms with E-state index in [0.717, 1.165) is 18.8 Å². The van der Waals surface area contributed by atoms with Crippen molar-refractivity contribution < 1.29 is 0 Å². The number of likely N-dealkylation sites (N-methyl/N-ethyl adjacent to an activating group) is 2. The minimum Gasteiger partial charge on any atom is -0.388 e. The second-order valence-corrected chi connectivity index (χ2v) is 5.67. The van der Waals surface area contributed by atoms with E-state index in [1.54, 1.807) is 0 Å². The summed E-state index contributed by atoms with van der Waals surface area (Å²) in [6, 6.07) is 2.27. The predicted octanol–water partition coefficient (Wildman–Crippen LogP) is 0.950. The third kappa shape index (κ3) is 3.39. The van der Waals surface area contributed by atoms with Gasteiger partial charge >= 0.3 is 0 Å². The number of likely N-dealkylation sites (tertiary alicyclic amines) is 1. The minimum absolute atomic E-state index is 0.320. The van der Waals surface area contributed by atoms with Crippen LogP contribution in [0, 0.1) is 6.92 Å². The summed E-state index contributed by atoms with van der Waals surface area (Å²) in [5, 5.41) is 0. The lowest BCUT2D eigenvalue weighted by molar-refractivity contribution is 0.247. The second-order valence-electron chi connectivity index (χ2n) is 5.23. The molecule has 1 unspecified atom stereocenters. The van der Waals surface area contributed by atoms with E-state index in [-0.39, 0.29) is 0 Å². The van der Waals surface area contributed by atoms with Crippen molar-refractivity contribution in [2.75, 3.05) is 32.1 Å². The molecule has 1 aromatic rings. The van der Waals surface area contributed by atoms with Gasteiger partial charge in [0.1, 0.15) is 10.7 Å². The van der Waals surface area contributed by atoms with Gasteiger partial charge in [0.2, 0.25) is 5.95 Å². The molecule has 0 saturated carbocycles. The Bertz CT molecular complexity index is 476. The molecule has 6 heteroatoms. The summed E-state index contributed by atoms with van der Waals surface area (Å²) in [4.78, 5) is 13.8. The van der Waals surface area contributed by atoms with Crippen molar-refractivity contribution in [2.24, 2.45) is 5.73 Å². The van der Waals surface area contributed by atoms with E-state index in [1.165, 1.54) is 12.8 Å². The molecule has 1 aliphatic rings. The van der Waals surface area contributed by atoms with Gasteiger partial charge in [-0.3, -0.25) is 0 Å². The lowest BCUT2D eigenvalue weighted by Crippen LogP contribution is -2.45. The Morgan fingerprint density at radius 1 is 1.53 bits per heavy atom. The first kappa shape index (κ1) is 14.1.